The van der Waals surface area contributed by atoms with Gasteiger partial charge in [0.1, 0.15) is 12.4 Å². The third kappa shape index (κ3) is 5.40. The molecule has 2 aliphatic rings. The highest BCUT2D eigenvalue weighted by Gasteiger charge is 2.31. The first-order chi connectivity index (χ1) is 17.3. The first-order valence-electron chi connectivity index (χ1n) is 12.6. The molecule has 0 unspecified atom stereocenters. The van der Waals surface area contributed by atoms with E-state index in [1.807, 2.05) is 17.8 Å². The molecule has 2 saturated carbocycles. The molecule has 3 aromatic heterocycles. The molecule has 0 radical (unpaired) electrons. The Labute approximate surface area is 208 Å². The van der Waals surface area contributed by atoms with Gasteiger partial charge in [-0.1, -0.05) is 0 Å². The SMILES string of the molecule is Cn1c(COc2cc(C(F)(F)F)ccn2)nnc1C1CCC(c2cnn(C3CCC(N)CC3)c2)CC1. The molecule has 8 nitrogen and oxygen atoms in total. The van der Waals surface area contributed by atoms with Crippen LogP contribution in [0.25, 0.3) is 0 Å². The predicted molar refractivity (Wildman–Crippen MR) is 126 cm³/mol. The highest BCUT2D eigenvalue weighted by atomic mass is 19.4. The number of nitrogens with zero attached hydrogens (tertiary/aromatic N) is 6. The Morgan fingerprint density at radius 1 is 1.03 bits per heavy atom. The molecule has 3 aromatic rings. The van der Waals surface area contributed by atoms with Gasteiger partial charge in [0.05, 0.1) is 17.8 Å². The quantitative estimate of drug-likeness (QED) is 0.515. The van der Waals surface area contributed by atoms with E-state index < -0.39 is 11.7 Å². The third-order valence-corrected chi connectivity index (χ3v) is 7.71. The lowest BCUT2D eigenvalue weighted by Crippen LogP contribution is -2.28. The Bertz CT molecular complexity index is 1160. The molecule has 3 heterocycles. The van der Waals surface area contributed by atoms with Crippen LogP contribution in [-0.4, -0.2) is 35.6 Å². The van der Waals surface area contributed by atoms with Gasteiger partial charge in [0.2, 0.25) is 5.88 Å². The van der Waals surface area contributed by atoms with Crippen molar-refractivity contribution in [2.24, 2.45) is 12.8 Å². The van der Waals surface area contributed by atoms with Crippen LogP contribution in [0.4, 0.5) is 13.2 Å². The van der Waals surface area contributed by atoms with Gasteiger partial charge in [0.15, 0.2) is 5.82 Å². The van der Waals surface area contributed by atoms with E-state index in [2.05, 4.69) is 31.2 Å². The number of hydrogen-bond acceptors (Lipinski definition) is 6. The summed E-state index contributed by atoms with van der Waals surface area (Å²) in [6, 6.07) is 2.60. The molecular weight excluding hydrogens is 471 g/mol. The minimum atomic E-state index is -4.44. The molecule has 0 amide bonds. The number of hydrogen-bond donors (Lipinski definition) is 1. The molecule has 2 aliphatic carbocycles. The molecule has 0 atom stereocenters. The van der Waals surface area contributed by atoms with Gasteiger partial charge >= 0.3 is 6.18 Å². The minimum Gasteiger partial charge on any atom is -0.469 e. The predicted octanol–water partition coefficient (Wildman–Crippen LogP) is 4.89. The lowest BCUT2D eigenvalue weighted by Gasteiger charge is -2.28. The number of alkyl halides is 3. The van der Waals surface area contributed by atoms with Crippen LogP contribution in [0.3, 0.4) is 0 Å². The summed E-state index contributed by atoms with van der Waals surface area (Å²) in [4.78, 5) is 3.87. The summed E-state index contributed by atoms with van der Waals surface area (Å²) in [5, 5.41) is 13.3. The van der Waals surface area contributed by atoms with Crippen molar-refractivity contribution < 1.29 is 17.9 Å². The average Bonchev–Trinajstić information content (AvgIpc) is 3.50. The molecule has 194 valence electrons. The van der Waals surface area contributed by atoms with Gasteiger partial charge < -0.3 is 15.0 Å². The van der Waals surface area contributed by atoms with Crippen LogP contribution < -0.4 is 10.5 Å². The highest BCUT2D eigenvalue weighted by molar-refractivity contribution is 5.23. The topological polar surface area (TPSA) is 96.7 Å². The Morgan fingerprint density at radius 3 is 2.47 bits per heavy atom. The van der Waals surface area contributed by atoms with Gasteiger partial charge in [-0.3, -0.25) is 4.68 Å². The Balaban J connectivity index is 1.16. The van der Waals surface area contributed by atoms with Crippen LogP contribution in [0.5, 0.6) is 5.88 Å². The van der Waals surface area contributed by atoms with Crippen molar-refractivity contribution in [3.8, 4) is 5.88 Å². The summed E-state index contributed by atoms with van der Waals surface area (Å²) >= 11 is 0. The first kappa shape index (κ1) is 24.7. The highest BCUT2D eigenvalue weighted by Crippen LogP contribution is 2.40. The molecule has 0 bridgehead atoms. The van der Waals surface area contributed by atoms with Gasteiger partial charge in [-0.05, 0) is 68.9 Å². The zero-order valence-corrected chi connectivity index (χ0v) is 20.4. The fraction of sp³-hybridized carbons (Fsp3) is 0.600. The fourth-order valence-corrected chi connectivity index (χ4v) is 5.47. The molecule has 0 aliphatic heterocycles. The molecule has 0 aromatic carbocycles. The standard InChI is InChI=1S/C25H32F3N7O/c1-34-22(15-36-23-12-19(10-11-30-23)25(26,27)28)32-33-24(34)17-4-2-16(3-5-17)18-13-31-35(14-18)21-8-6-20(29)7-9-21/h10-14,16-17,20-21H,2-9,15,29H2,1H3. The summed E-state index contributed by atoms with van der Waals surface area (Å²) in [7, 11) is 1.87. The number of ether oxygens (including phenoxy) is 1. The van der Waals surface area contributed by atoms with Crippen molar-refractivity contribution in [3.05, 3.63) is 53.5 Å². The lowest BCUT2D eigenvalue weighted by atomic mass is 9.79. The Morgan fingerprint density at radius 2 is 1.75 bits per heavy atom. The van der Waals surface area contributed by atoms with Crippen molar-refractivity contribution in [1.82, 2.24) is 29.5 Å². The Hall–Kier alpha value is -2.95. The van der Waals surface area contributed by atoms with Crippen molar-refractivity contribution in [1.29, 1.82) is 0 Å². The average molecular weight is 504 g/mol. The van der Waals surface area contributed by atoms with Crippen molar-refractivity contribution in [2.45, 2.75) is 88.1 Å². The number of halogens is 3. The first-order valence-corrected chi connectivity index (χ1v) is 12.6. The van der Waals surface area contributed by atoms with E-state index in [1.165, 1.54) is 5.56 Å². The van der Waals surface area contributed by atoms with Crippen molar-refractivity contribution >= 4 is 0 Å². The third-order valence-electron chi connectivity index (χ3n) is 7.71. The number of rotatable bonds is 6. The zero-order valence-electron chi connectivity index (χ0n) is 20.4. The van der Waals surface area contributed by atoms with Crippen molar-refractivity contribution in [3.63, 3.8) is 0 Å². The zero-order chi connectivity index (χ0) is 25.3. The van der Waals surface area contributed by atoms with Crippen LogP contribution in [0.2, 0.25) is 0 Å². The summed E-state index contributed by atoms with van der Waals surface area (Å²) in [6.45, 7) is -0.00158. The molecule has 5 rings (SSSR count). The van der Waals surface area contributed by atoms with Crippen LogP contribution in [0.1, 0.15) is 92.0 Å². The van der Waals surface area contributed by atoms with E-state index in [9.17, 15) is 13.2 Å². The molecule has 2 N–H and O–H groups in total. The summed E-state index contributed by atoms with van der Waals surface area (Å²) in [5.41, 5.74) is 6.56. The minimum absolute atomic E-state index is 0.00158. The molecule has 0 saturated heterocycles. The van der Waals surface area contributed by atoms with Gasteiger partial charge in [0.25, 0.3) is 0 Å². The Kier molecular flexibility index (Phi) is 7.00. The number of pyridine rings is 1. The van der Waals surface area contributed by atoms with E-state index >= 15 is 0 Å². The summed E-state index contributed by atoms with van der Waals surface area (Å²) < 4.78 is 48.3. The lowest BCUT2D eigenvalue weighted by molar-refractivity contribution is -0.137. The molecular formula is C25H32F3N7O. The fourth-order valence-electron chi connectivity index (χ4n) is 5.47. The second-order valence-corrected chi connectivity index (χ2v) is 10.1. The number of aromatic nitrogens is 6. The molecule has 11 heteroatoms. The smallest absolute Gasteiger partial charge is 0.416 e. The molecule has 36 heavy (non-hydrogen) atoms. The normalized spacial score (nSPS) is 25.1. The van der Waals surface area contributed by atoms with Crippen LogP contribution in [0, 0.1) is 0 Å². The van der Waals surface area contributed by atoms with Gasteiger partial charge in [-0.25, -0.2) is 4.98 Å². The van der Waals surface area contributed by atoms with E-state index in [4.69, 9.17) is 10.5 Å². The summed E-state index contributed by atoms with van der Waals surface area (Å²) in [6.07, 6.45) is 9.31. The summed E-state index contributed by atoms with van der Waals surface area (Å²) in [5.74, 6) is 2.13. The largest absolute Gasteiger partial charge is 0.469 e. The van der Waals surface area contributed by atoms with Crippen LogP contribution in [0.15, 0.2) is 30.7 Å². The maximum Gasteiger partial charge on any atom is 0.416 e. The second kappa shape index (κ2) is 10.2. The van der Waals surface area contributed by atoms with Crippen LogP contribution in [-0.2, 0) is 19.8 Å². The van der Waals surface area contributed by atoms with Gasteiger partial charge in [-0.15, -0.1) is 10.2 Å². The van der Waals surface area contributed by atoms with Gasteiger partial charge in [0, 0.05) is 37.5 Å². The monoisotopic (exact) mass is 503 g/mol. The van der Waals surface area contributed by atoms with Gasteiger partial charge in [-0.2, -0.15) is 18.3 Å². The molecule has 2 fully saturated rings. The van der Waals surface area contributed by atoms with Crippen LogP contribution >= 0.6 is 0 Å². The number of nitrogens with two attached hydrogens (primary N) is 1. The van der Waals surface area contributed by atoms with Crippen molar-refractivity contribution in [2.75, 3.05) is 0 Å². The maximum absolute atomic E-state index is 12.9. The van der Waals surface area contributed by atoms with E-state index in [1.54, 1.807) is 0 Å². The molecule has 0 spiro atoms. The van der Waals surface area contributed by atoms with E-state index in [-0.39, 0.29) is 18.4 Å². The second-order valence-electron chi connectivity index (χ2n) is 10.1. The van der Waals surface area contributed by atoms with E-state index in [0.29, 0.717) is 23.8 Å². The van der Waals surface area contributed by atoms with E-state index in [0.717, 1.165) is 75.5 Å². The maximum atomic E-state index is 12.9.